The van der Waals surface area contributed by atoms with Gasteiger partial charge in [0.2, 0.25) is 0 Å². The summed E-state index contributed by atoms with van der Waals surface area (Å²) >= 11 is 1.84. The molecule has 10 aromatic rings. The predicted molar refractivity (Wildman–Crippen MR) is 218 cm³/mol. The molecular weight excluding hydrogens is 639 g/mol. The van der Waals surface area contributed by atoms with Crippen molar-refractivity contribution in [1.82, 2.24) is 0 Å². The second-order valence-electron chi connectivity index (χ2n) is 12.9. The molecule has 0 saturated carbocycles. The fourth-order valence-electron chi connectivity index (χ4n) is 7.43. The molecule has 8 aromatic carbocycles. The Morgan fingerprint density at radius 2 is 0.941 bits per heavy atom. The molecule has 0 radical (unpaired) electrons. The van der Waals surface area contributed by atoms with Crippen molar-refractivity contribution >= 4 is 70.5 Å². The van der Waals surface area contributed by atoms with Gasteiger partial charge in [0.25, 0.3) is 0 Å². The molecule has 2 nitrogen and oxygen atoms in total. The number of fused-ring (bicyclic) bond motifs is 7. The molecule has 240 valence electrons. The molecule has 0 fully saturated rings. The van der Waals surface area contributed by atoms with Gasteiger partial charge < -0.3 is 9.32 Å². The number of nitrogens with zero attached hydrogens (tertiary/aromatic N) is 1. The lowest BCUT2D eigenvalue weighted by molar-refractivity contribution is 0.669. The van der Waals surface area contributed by atoms with Crippen LogP contribution in [0.25, 0.3) is 75.5 Å². The highest BCUT2D eigenvalue weighted by molar-refractivity contribution is 7.26. The number of para-hydroxylation sites is 1. The maximum absolute atomic E-state index is 6.92. The number of rotatable bonds is 6. The zero-order chi connectivity index (χ0) is 33.7. The van der Waals surface area contributed by atoms with Crippen molar-refractivity contribution in [3.8, 4) is 33.4 Å². The molecule has 0 atom stereocenters. The summed E-state index contributed by atoms with van der Waals surface area (Å²) in [6, 6.07) is 67.3. The molecule has 2 aromatic heterocycles. The Kier molecular flexibility index (Phi) is 7.04. The highest BCUT2D eigenvalue weighted by atomic mass is 32.1. The van der Waals surface area contributed by atoms with Crippen LogP contribution in [0.4, 0.5) is 17.1 Å². The van der Waals surface area contributed by atoms with Crippen LogP contribution in [0.2, 0.25) is 0 Å². The number of anilines is 3. The summed E-state index contributed by atoms with van der Waals surface area (Å²) in [5.74, 6) is 0. The van der Waals surface area contributed by atoms with E-state index in [9.17, 15) is 0 Å². The molecule has 10 rings (SSSR count). The van der Waals surface area contributed by atoms with E-state index in [2.05, 4.69) is 193 Å². The minimum atomic E-state index is 0.881. The molecule has 0 amide bonds. The fourth-order valence-corrected chi connectivity index (χ4v) is 8.67. The van der Waals surface area contributed by atoms with E-state index in [1.807, 2.05) is 11.3 Å². The van der Waals surface area contributed by atoms with Crippen molar-refractivity contribution in [1.29, 1.82) is 0 Å². The van der Waals surface area contributed by atoms with E-state index in [0.29, 0.717) is 0 Å². The van der Waals surface area contributed by atoms with Crippen LogP contribution in [0.15, 0.2) is 192 Å². The highest BCUT2D eigenvalue weighted by Gasteiger charge is 2.25. The molecule has 0 N–H and O–H groups in total. The van der Waals surface area contributed by atoms with E-state index in [0.717, 1.165) is 55.7 Å². The van der Waals surface area contributed by atoms with Gasteiger partial charge in [-0.15, -0.1) is 11.3 Å². The second-order valence-corrected chi connectivity index (χ2v) is 14.0. The quantitative estimate of drug-likeness (QED) is 0.175. The molecule has 0 aliphatic carbocycles. The molecule has 0 saturated heterocycles. The number of benzene rings is 8. The van der Waals surface area contributed by atoms with E-state index in [1.54, 1.807) is 0 Å². The third kappa shape index (κ3) is 5.10. The monoisotopic (exact) mass is 669 g/mol. The number of hydrogen-bond donors (Lipinski definition) is 0. The highest BCUT2D eigenvalue weighted by Crippen LogP contribution is 2.50. The van der Waals surface area contributed by atoms with Gasteiger partial charge in [-0.2, -0.15) is 0 Å². The number of thiophene rings is 1. The van der Waals surface area contributed by atoms with Gasteiger partial charge in [0, 0.05) is 42.3 Å². The first-order valence-corrected chi connectivity index (χ1v) is 18.1. The Bertz CT molecular complexity index is 2790. The Balaban J connectivity index is 1.33. The van der Waals surface area contributed by atoms with E-state index in [4.69, 9.17) is 4.42 Å². The van der Waals surface area contributed by atoms with E-state index >= 15 is 0 Å². The van der Waals surface area contributed by atoms with Crippen LogP contribution in [0.1, 0.15) is 0 Å². The topological polar surface area (TPSA) is 16.4 Å². The molecule has 3 heteroatoms. The summed E-state index contributed by atoms with van der Waals surface area (Å²) in [6.45, 7) is 0. The number of furan rings is 1. The van der Waals surface area contributed by atoms with Gasteiger partial charge in [-0.3, -0.25) is 0 Å². The lowest BCUT2D eigenvalue weighted by atomic mass is 9.96. The average Bonchev–Trinajstić information content (AvgIpc) is 3.78. The number of hydrogen-bond acceptors (Lipinski definition) is 3. The molecule has 0 unspecified atom stereocenters. The van der Waals surface area contributed by atoms with Crippen LogP contribution >= 0.6 is 11.3 Å². The minimum Gasteiger partial charge on any atom is -0.454 e. The van der Waals surface area contributed by atoms with Crippen molar-refractivity contribution in [3.05, 3.63) is 188 Å². The first-order chi connectivity index (χ1) is 25.3. The molecule has 0 bridgehead atoms. The standard InChI is InChI=1S/C48H31NOS/c1-4-15-32(16-5-1)35-21-14-22-38(28-35)49(39-29-36(33-17-6-2-7-18-33)27-37(30-39)34-19-8-3-9-20-34)43-31-42-40-23-11-13-26-45(40)51-48(42)46-41-24-10-12-25-44(41)50-47(43)46/h1-31H. The van der Waals surface area contributed by atoms with Crippen LogP contribution in [0.3, 0.4) is 0 Å². The first kappa shape index (κ1) is 29.5. The van der Waals surface area contributed by atoms with Gasteiger partial charge in [0.1, 0.15) is 5.58 Å². The minimum absolute atomic E-state index is 0.881. The Labute approximate surface area is 300 Å². The molecular formula is C48H31NOS. The van der Waals surface area contributed by atoms with Gasteiger partial charge in [-0.25, -0.2) is 0 Å². The van der Waals surface area contributed by atoms with Gasteiger partial charge in [0.05, 0.1) is 5.69 Å². The summed E-state index contributed by atoms with van der Waals surface area (Å²) in [5, 5.41) is 4.78. The van der Waals surface area contributed by atoms with Gasteiger partial charge >= 0.3 is 0 Å². The fraction of sp³-hybridized carbons (Fsp3) is 0. The first-order valence-electron chi connectivity index (χ1n) is 17.3. The molecule has 0 aliphatic heterocycles. The van der Waals surface area contributed by atoms with Crippen molar-refractivity contribution in [2.75, 3.05) is 4.90 Å². The van der Waals surface area contributed by atoms with Crippen LogP contribution in [-0.4, -0.2) is 0 Å². The molecule has 51 heavy (non-hydrogen) atoms. The Morgan fingerprint density at radius 3 is 1.63 bits per heavy atom. The Hall–Kier alpha value is -6.42. The van der Waals surface area contributed by atoms with Crippen molar-refractivity contribution in [3.63, 3.8) is 0 Å². The summed E-state index contributed by atoms with van der Waals surface area (Å²) in [7, 11) is 0. The van der Waals surface area contributed by atoms with E-state index < -0.39 is 0 Å². The predicted octanol–water partition coefficient (Wildman–Crippen LogP) is 14.4. The summed E-state index contributed by atoms with van der Waals surface area (Å²) < 4.78 is 9.44. The van der Waals surface area contributed by atoms with E-state index in [-0.39, 0.29) is 0 Å². The lowest BCUT2D eigenvalue weighted by Crippen LogP contribution is -2.11. The third-order valence-corrected chi connectivity index (χ3v) is 11.0. The maximum Gasteiger partial charge on any atom is 0.160 e. The van der Waals surface area contributed by atoms with Crippen LogP contribution in [0.5, 0.6) is 0 Å². The summed E-state index contributed by atoms with van der Waals surface area (Å²) in [5.41, 5.74) is 11.9. The van der Waals surface area contributed by atoms with E-state index in [1.165, 1.54) is 36.9 Å². The molecule has 0 aliphatic rings. The Morgan fingerprint density at radius 1 is 0.392 bits per heavy atom. The van der Waals surface area contributed by atoms with Gasteiger partial charge in [-0.05, 0) is 81.9 Å². The SMILES string of the molecule is c1ccc(-c2cccc(N(c3cc(-c4ccccc4)cc(-c4ccccc4)c3)c3cc4c5ccccc5sc4c4c3oc3ccccc34)c2)cc1. The molecule has 2 heterocycles. The zero-order valence-electron chi connectivity index (χ0n) is 27.7. The van der Waals surface area contributed by atoms with Gasteiger partial charge in [-0.1, -0.05) is 140 Å². The van der Waals surface area contributed by atoms with Crippen LogP contribution < -0.4 is 4.90 Å². The summed E-state index contributed by atoms with van der Waals surface area (Å²) in [6.07, 6.45) is 0. The zero-order valence-corrected chi connectivity index (χ0v) is 28.5. The van der Waals surface area contributed by atoms with Gasteiger partial charge in [0.15, 0.2) is 5.58 Å². The third-order valence-electron chi connectivity index (χ3n) is 9.81. The van der Waals surface area contributed by atoms with Crippen LogP contribution in [0, 0.1) is 0 Å². The maximum atomic E-state index is 6.92. The summed E-state index contributed by atoms with van der Waals surface area (Å²) in [4.78, 5) is 2.40. The normalized spacial score (nSPS) is 11.5. The largest absolute Gasteiger partial charge is 0.454 e. The van der Waals surface area contributed by atoms with Crippen LogP contribution in [-0.2, 0) is 0 Å². The average molecular weight is 670 g/mol. The smallest absolute Gasteiger partial charge is 0.160 e. The van der Waals surface area contributed by atoms with Crippen molar-refractivity contribution in [2.24, 2.45) is 0 Å². The second kappa shape index (κ2) is 12.2. The van der Waals surface area contributed by atoms with Crippen molar-refractivity contribution in [2.45, 2.75) is 0 Å². The molecule has 0 spiro atoms. The lowest BCUT2D eigenvalue weighted by Gasteiger charge is -2.27. The van der Waals surface area contributed by atoms with Crippen molar-refractivity contribution < 1.29 is 4.42 Å².